The first kappa shape index (κ1) is 13.4. The van der Waals surface area contributed by atoms with E-state index in [1.165, 1.54) is 11.8 Å². The van der Waals surface area contributed by atoms with Gasteiger partial charge < -0.3 is 10.4 Å². The maximum atomic E-state index is 11.6. The van der Waals surface area contributed by atoms with E-state index < -0.39 is 11.5 Å². The van der Waals surface area contributed by atoms with Crippen molar-refractivity contribution in [2.45, 2.75) is 23.5 Å². The molecule has 0 aliphatic heterocycles. The van der Waals surface area contributed by atoms with Gasteiger partial charge in [0.05, 0.1) is 0 Å². The predicted octanol–water partition coefficient (Wildman–Crippen LogP) is 1.27. The Labute approximate surface area is 120 Å². The van der Waals surface area contributed by atoms with E-state index in [2.05, 4.69) is 15.5 Å². The van der Waals surface area contributed by atoms with Crippen LogP contribution in [0.4, 0.5) is 0 Å². The molecule has 2 aromatic rings. The highest BCUT2D eigenvalue weighted by Gasteiger charge is 2.50. The number of nitrogens with zero attached hydrogens (tertiary/aromatic N) is 3. The van der Waals surface area contributed by atoms with E-state index in [4.69, 9.17) is 0 Å². The molecule has 0 spiro atoms. The van der Waals surface area contributed by atoms with Gasteiger partial charge in [0.25, 0.3) is 0 Å². The zero-order valence-corrected chi connectivity index (χ0v) is 11.9. The fourth-order valence-corrected chi connectivity index (χ4v) is 3.66. The molecule has 6 nitrogen and oxygen atoms in total. The number of likely N-dealkylation sites (N-methyl/N-ethyl adjacent to an activating group) is 1. The summed E-state index contributed by atoms with van der Waals surface area (Å²) in [7, 11) is 1.72. The zero-order chi connectivity index (χ0) is 14.2. The van der Waals surface area contributed by atoms with Crippen molar-refractivity contribution in [2.75, 3.05) is 12.8 Å². The number of rotatable bonds is 6. The third-order valence-electron chi connectivity index (χ3n) is 3.81. The van der Waals surface area contributed by atoms with Crippen LogP contribution in [0.2, 0.25) is 0 Å². The number of hydrogen-bond acceptors (Lipinski definition) is 5. The van der Waals surface area contributed by atoms with Gasteiger partial charge in [-0.25, -0.2) is 0 Å². The lowest BCUT2D eigenvalue weighted by molar-refractivity contribution is -0.144. The van der Waals surface area contributed by atoms with Crippen molar-refractivity contribution in [3.63, 3.8) is 0 Å². The first-order chi connectivity index (χ1) is 9.67. The van der Waals surface area contributed by atoms with Crippen molar-refractivity contribution in [2.24, 2.45) is 5.92 Å². The number of hydrogen-bond donors (Lipinski definition) is 2. The van der Waals surface area contributed by atoms with E-state index >= 15 is 0 Å². The molecule has 20 heavy (non-hydrogen) atoms. The lowest BCUT2D eigenvalue weighted by Crippen LogP contribution is -2.54. The summed E-state index contributed by atoms with van der Waals surface area (Å²) in [4.78, 5) is 11.6. The predicted molar refractivity (Wildman–Crippen MR) is 75.9 cm³/mol. The smallest absolute Gasteiger partial charge is 0.325 e. The maximum Gasteiger partial charge on any atom is 0.325 e. The first-order valence-corrected chi connectivity index (χ1v) is 7.51. The first-order valence-electron chi connectivity index (χ1n) is 6.52. The molecule has 1 saturated carbocycles. The van der Waals surface area contributed by atoms with Gasteiger partial charge in [0.2, 0.25) is 0 Å². The fraction of sp³-hybridized carbons (Fsp3) is 0.462. The van der Waals surface area contributed by atoms with Crippen LogP contribution in [0.15, 0.2) is 29.6 Å². The van der Waals surface area contributed by atoms with Crippen molar-refractivity contribution in [1.82, 2.24) is 19.9 Å². The molecule has 2 heterocycles. The maximum absolute atomic E-state index is 11.6. The van der Waals surface area contributed by atoms with Crippen LogP contribution in [0.3, 0.4) is 0 Å². The molecule has 1 aliphatic rings. The normalized spacial score (nSPS) is 18.1. The largest absolute Gasteiger partial charge is 0.480 e. The Hall–Kier alpha value is -1.60. The van der Waals surface area contributed by atoms with Gasteiger partial charge in [-0.05, 0) is 37.9 Å². The van der Waals surface area contributed by atoms with Crippen molar-refractivity contribution in [1.29, 1.82) is 0 Å². The number of fused-ring (bicyclic) bond motifs is 1. The van der Waals surface area contributed by atoms with E-state index in [1.54, 1.807) is 7.05 Å². The van der Waals surface area contributed by atoms with Crippen LogP contribution in [0.25, 0.3) is 5.65 Å². The summed E-state index contributed by atoms with van der Waals surface area (Å²) in [6.45, 7) is 0. The Bertz CT molecular complexity index is 640. The van der Waals surface area contributed by atoms with Crippen LogP contribution >= 0.6 is 11.8 Å². The molecule has 2 N–H and O–H groups in total. The van der Waals surface area contributed by atoms with Crippen LogP contribution in [0, 0.1) is 5.92 Å². The number of aliphatic carboxylic acids is 1. The summed E-state index contributed by atoms with van der Waals surface area (Å²) < 4.78 is 1.87. The molecule has 2 aromatic heterocycles. The van der Waals surface area contributed by atoms with Gasteiger partial charge >= 0.3 is 5.97 Å². The highest BCUT2D eigenvalue weighted by molar-refractivity contribution is 7.99. The van der Waals surface area contributed by atoms with E-state index in [9.17, 15) is 9.90 Å². The topological polar surface area (TPSA) is 79.5 Å². The Morgan fingerprint density at radius 2 is 2.35 bits per heavy atom. The van der Waals surface area contributed by atoms with Crippen LogP contribution < -0.4 is 5.32 Å². The van der Waals surface area contributed by atoms with Crippen LogP contribution in [-0.4, -0.2) is 44.0 Å². The minimum atomic E-state index is -0.870. The molecule has 0 radical (unpaired) electrons. The quantitative estimate of drug-likeness (QED) is 0.781. The van der Waals surface area contributed by atoms with Gasteiger partial charge in [0, 0.05) is 11.9 Å². The molecule has 0 aromatic carbocycles. The molecular formula is C13H16N4O2S. The summed E-state index contributed by atoms with van der Waals surface area (Å²) in [6.07, 6.45) is 3.82. The van der Waals surface area contributed by atoms with E-state index in [1.807, 2.05) is 28.8 Å². The molecule has 1 aliphatic carbocycles. The summed E-state index contributed by atoms with van der Waals surface area (Å²) in [6, 6.07) is 5.68. The standard InChI is InChI=1S/C13H16N4O2S/c1-14-13(11(18)19,9-5-6-9)8-20-12-16-15-10-4-2-3-7-17(10)12/h2-4,7,9,14H,5-6,8H2,1H3,(H,18,19). The summed E-state index contributed by atoms with van der Waals surface area (Å²) in [5, 5.41) is 21.5. The van der Waals surface area contributed by atoms with Gasteiger partial charge in [-0.1, -0.05) is 17.8 Å². The Balaban J connectivity index is 1.82. The molecule has 1 unspecified atom stereocenters. The summed E-state index contributed by atoms with van der Waals surface area (Å²) in [5.74, 6) is -0.139. The number of nitrogens with one attached hydrogen (secondary N) is 1. The Morgan fingerprint density at radius 1 is 1.55 bits per heavy atom. The van der Waals surface area contributed by atoms with Crippen molar-refractivity contribution < 1.29 is 9.90 Å². The van der Waals surface area contributed by atoms with Gasteiger partial charge in [-0.3, -0.25) is 9.20 Å². The second-order valence-corrected chi connectivity index (χ2v) is 5.94. The molecular weight excluding hydrogens is 276 g/mol. The molecule has 0 amide bonds. The van der Waals surface area contributed by atoms with Crippen molar-refractivity contribution in [3.05, 3.63) is 24.4 Å². The highest BCUT2D eigenvalue weighted by Crippen LogP contribution is 2.42. The lowest BCUT2D eigenvalue weighted by atomic mass is 9.96. The molecule has 1 fully saturated rings. The molecule has 7 heteroatoms. The van der Waals surface area contributed by atoms with E-state index in [-0.39, 0.29) is 5.92 Å². The van der Waals surface area contributed by atoms with Gasteiger partial charge in [-0.15, -0.1) is 10.2 Å². The molecule has 3 rings (SSSR count). The average Bonchev–Trinajstić information content (AvgIpc) is 3.22. The Morgan fingerprint density at radius 3 is 3.00 bits per heavy atom. The van der Waals surface area contributed by atoms with Gasteiger partial charge in [0.15, 0.2) is 10.8 Å². The number of aromatic nitrogens is 3. The van der Waals surface area contributed by atoms with Crippen molar-refractivity contribution in [3.8, 4) is 0 Å². The molecule has 0 bridgehead atoms. The second-order valence-electron chi connectivity index (χ2n) is 5.00. The number of carbonyl (C=O) groups is 1. The minimum absolute atomic E-state index is 0.205. The summed E-state index contributed by atoms with van der Waals surface area (Å²) in [5.41, 5.74) is -0.0996. The Kier molecular flexibility index (Phi) is 3.39. The third-order valence-corrected chi connectivity index (χ3v) is 4.95. The minimum Gasteiger partial charge on any atom is -0.480 e. The van der Waals surface area contributed by atoms with Gasteiger partial charge in [0.1, 0.15) is 5.54 Å². The zero-order valence-electron chi connectivity index (χ0n) is 11.1. The van der Waals surface area contributed by atoms with Crippen molar-refractivity contribution >= 4 is 23.4 Å². The number of carboxylic acids is 1. The number of carboxylic acid groups (broad SMARTS) is 1. The fourth-order valence-electron chi connectivity index (χ4n) is 2.41. The van der Waals surface area contributed by atoms with Crippen LogP contribution in [0.1, 0.15) is 12.8 Å². The van der Waals surface area contributed by atoms with Crippen LogP contribution in [0.5, 0.6) is 0 Å². The summed E-state index contributed by atoms with van der Waals surface area (Å²) >= 11 is 1.43. The molecule has 0 saturated heterocycles. The third kappa shape index (κ3) is 2.16. The van der Waals surface area contributed by atoms with E-state index in [0.717, 1.165) is 23.6 Å². The molecule has 106 valence electrons. The second kappa shape index (κ2) is 5.06. The average molecular weight is 292 g/mol. The number of thioether (sulfide) groups is 1. The number of pyridine rings is 1. The van der Waals surface area contributed by atoms with E-state index in [0.29, 0.717) is 5.75 Å². The molecule has 1 atom stereocenters. The highest BCUT2D eigenvalue weighted by atomic mass is 32.2. The lowest BCUT2D eigenvalue weighted by Gasteiger charge is -2.28. The monoisotopic (exact) mass is 292 g/mol. The van der Waals surface area contributed by atoms with Crippen LogP contribution in [-0.2, 0) is 4.79 Å². The van der Waals surface area contributed by atoms with Gasteiger partial charge in [-0.2, -0.15) is 0 Å². The SMILES string of the molecule is CNC(CSc1nnc2ccccn12)(C(=O)O)C1CC1.